The smallest absolute Gasteiger partial charge is 0.167 e. The highest BCUT2D eigenvalue weighted by Gasteiger charge is 2.43. The Kier molecular flexibility index (Phi) is 7.66. The summed E-state index contributed by atoms with van der Waals surface area (Å²) in [6.07, 6.45) is 3.74. The van der Waals surface area contributed by atoms with Gasteiger partial charge in [-0.2, -0.15) is 0 Å². The van der Waals surface area contributed by atoms with E-state index in [1.54, 1.807) is 0 Å². The standard InChI is InChI=1S/C10H13N5O4.C6H15N/c11-8-5-9(13-2-12-8)15(3-14-5)10-7(18)6(17)4(1-16)19-10;1-2-3-4-5-6-7/h2-4,6-7,10,16-18H,1H2,(H2,11,12,13);2-7H2,1H3/t4-,6-,7-,10-;/m1./s1. The van der Waals surface area contributed by atoms with E-state index in [0.717, 1.165) is 6.54 Å². The van der Waals surface area contributed by atoms with Gasteiger partial charge in [-0.25, -0.2) is 15.0 Å². The van der Waals surface area contributed by atoms with Crippen LogP contribution in [0.5, 0.6) is 0 Å². The molecule has 0 saturated carbocycles. The Hall–Kier alpha value is -1.85. The van der Waals surface area contributed by atoms with Gasteiger partial charge in [0.25, 0.3) is 0 Å². The Morgan fingerprint density at radius 3 is 2.54 bits per heavy atom. The molecule has 146 valence electrons. The van der Waals surface area contributed by atoms with Crippen molar-refractivity contribution in [2.75, 3.05) is 18.9 Å². The van der Waals surface area contributed by atoms with Gasteiger partial charge in [0.2, 0.25) is 0 Å². The number of imidazole rings is 1. The number of nitrogens with zero attached hydrogens (tertiary/aromatic N) is 4. The summed E-state index contributed by atoms with van der Waals surface area (Å²) in [5.41, 5.74) is 11.7. The molecule has 2 aromatic rings. The fraction of sp³-hybridized carbons (Fsp3) is 0.688. The molecule has 7 N–H and O–H groups in total. The zero-order valence-electron chi connectivity index (χ0n) is 14.9. The van der Waals surface area contributed by atoms with Crippen molar-refractivity contribution in [3.63, 3.8) is 0 Å². The van der Waals surface area contributed by atoms with Gasteiger partial charge in [0.15, 0.2) is 17.7 Å². The van der Waals surface area contributed by atoms with E-state index in [1.807, 2.05) is 0 Å². The average Bonchev–Trinajstić information content (AvgIpc) is 3.19. The predicted octanol–water partition coefficient (Wildman–Crippen LogP) is -0.455. The zero-order chi connectivity index (χ0) is 19.1. The van der Waals surface area contributed by atoms with Crippen LogP contribution in [0.3, 0.4) is 0 Å². The normalized spacial score (nSPS) is 25.3. The molecule has 10 nitrogen and oxygen atoms in total. The van der Waals surface area contributed by atoms with E-state index in [9.17, 15) is 10.2 Å². The molecule has 2 aromatic heterocycles. The summed E-state index contributed by atoms with van der Waals surface area (Å²) in [5, 5.41) is 28.7. The van der Waals surface area contributed by atoms with Crippen molar-refractivity contribution in [3.8, 4) is 0 Å². The maximum Gasteiger partial charge on any atom is 0.167 e. The predicted molar refractivity (Wildman–Crippen MR) is 95.9 cm³/mol. The molecule has 1 aliphatic rings. The van der Waals surface area contributed by atoms with E-state index in [4.69, 9.17) is 21.3 Å². The van der Waals surface area contributed by atoms with Crippen LogP contribution in [0.25, 0.3) is 11.2 Å². The first-order valence-electron chi connectivity index (χ1n) is 8.80. The molecule has 3 rings (SSSR count). The molecule has 3 heterocycles. The van der Waals surface area contributed by atoms with E-state index in [-0.39, 0.29) is 5.82 Å². The monoisotopic (exact) mass is 368 g/mol. The van der Waals surface area contributed by atoms with E-state index >= 15 is 0 Å². The number of aliphatic hydroxyl groups excluding tert-OH is 3. The van der Waals surface area contributed by atoms with Crippen LogP contribution < -0.4 is 11.5 Å². The van der Waals surface area contributed by atoms with E-state index in [1.165, 1.54) is 42.9 Å². The molecule has 0 radical (unpaired) electrons. The van der Waals surface area contributed by atoms with Gasteiger partial charge in [-0.3, -0.25) is 4.57 Å². The number of aromatic nitrogens is 4. The number of nitrogen functional groups attached to an aromatic ring is 1. The molecule has 4 atom stereocenters. The fourth-order valence-corrected chi connectivity index (χ4v) is 2.74. The van der Waals surface area contributed by atoms with Crippen molar-refractivity contribution in [2.24, 2.45) is 5.73 Å². The van der Waals surface area contributed by atoms with E-state index in [0.29, 0.717) is 11.2 Å². The van der Waals surface area contributed by atoms with Crippen molar-refractivity contribution in [3.05, 3.63) is 12.7 Å². The molecule has 1 aliphatic heterocycles. The van der Waals surface area contributed by atoms with Gasteiger partial charge in [0, 0.05) is 0 Å². The summed E-state index contributed by atoms with van der Waals surface area (Å²) in [6.45, 7) is 2.68. The second-order valence-electron chi connectivity index (χ2n) is 6.16. The molecule has 1 saturated heterocycles. The van der Waals surface area contributed by atoms with Gasteiger partial charge >= 0.3 is 0 Å². The molecular weight excluding hydrogens is 340 g/mol. The molecule has 0 aliphatic carbocycles. The fourth-order valence-electron chi connectivity index (χ4n) is 2.74. The number of ether oxygens (including phenoxy) is 1. The van der Waals surface area contributed by atoms with Crippen molar-refractivity contribution < 1.29 is 20.1 Å². The lowest BCUT2D eigenvalue weighted by atomic mass is 10.1. The quantitative estimate of drug-likeness (QED) is 0.424. The molecular formula is C16H28N6O4. The Balaban J connectivity index is 0.000000298. The largest absolute Gasteiger partial charge is 0.394 e. The number of hydrogen-bond acceptors (Lipinski definition) is 9. The molecule has 0 unspecified atom stereocenters. The van der Waals surface area contributed by atoms with Crippen molar-refractivity contribution in [1.29, 1.82) is 0 Å². The molecule has 0 aromatic carbocycles. The minimum atomic E-state index is -1.19. The summed E-state index contributed by atoms with van der Waals surface area (Å²) in [7, 11) is 0. The maximum absolute atomic E-state index is 9.95. The van der Waals surface area contributed by atoms with Gasteiger partial charge in [0.1, 0.15) is 30.2 Å². The minimum absolute atomic E-state index is 0.218. The third-order valence-corrected chi connectivity index (χ3v) is 4.24. The molecule has 0 amide bonds. The highest BCUT2D eigenvalue weighted by atomic mass is 16.6. The first kappa shape index (κ1) is 20.5. The van der Waals surface area contributed by atoms with Crippen LogP contribution in [0, 0.1) is 0 Å². The van der Waals surface area contributed by atoms with Crippen molar-refractivity contribution >= 4 is 17.0 Å². The lowest BCUT2D eigenvalue weighted by molar-refractivity contribution is -0.0511. The Morgan fingerprint density at radius 1 is 1.15 bits per heavy atom. The van der Waals surface area contributed by atoms with Crippen LogP contribution in [0.15, 0.2) is 12.7 Å². The zero-order valence-corrected chi connectivity index (χ0v) is 14.9. The van der Waals surface area contributed by atoms with Gasteiger partial charge < -0.3 is 31.5 Å². The summed E-state index contributed by atoms with van der Waals surface area (Å²) < 4.78 is 6.85. The van der Waals surface area contributed by atoms with E-state index in [2.05, 4.69) is 21.9 Å². The molecule has 0 spiro atoms. The van der Waals surface area contributed by atoms with Gasteiger partial charge in [0.05, 0.1) is 12.9 Å². The number of fused-ring (bicyclic) bond motifs is 1. The highest BCUT2D eigenvalue weighted by molar-refractivity contribution is 5.81. The number of anilines is 1. The Bertz CT molecular complexity index is 678. The van der Waals surface area contributed by atoms with Crippen LogP contribution >= 0.6 is 0 Å². The van der Waals surface area contributed by atoms with Gasteiger partial charge in [-0.1, -0.05) is 26.2 Å². The molecule has 1 fully saturated rings. The van der Waals surface area contributed by atoms with Crippen LogP contribution in [0.1, 0.15) is 38.8 Å². The van der Waals surface area contributed by atoms with Crippen LogP contribution in [0.4, 0.5) is 5.82 Å². The van der Waals surface area contributed by atoms with Gasteiger partial charge in [-0.05, 0) is 13.0 Å². The third-order valence-electron chi connectivity index (χ3n) is 4.24. The van der Waals surface area contributed by atoms with Crippen molar-refractivity contribution in [2.45, 2.75) is 57.1 Å². The topological polar surface area (TPSA) is 166 Å². The van der Waals surface area contributed by atoms with Crippen LogP contribution in [-0.4, -0.2) is 66.3 Å². The lowest BCUT2D eigenvalue weighted by Gasteiger charge is -2.16. The number of rotatable bonds is 6. The molecule has 0 bridgehead atoms. The van der Waals surface area contributed by atoms with Gasteiger partial charge in [-0.15, -0.1) is 0 Å². The number of aliphatic hydroxyl groups is 3. The highest BCUT2D eigenvalue weighted by Crippen LogP contribution is 2.31. The SMILES string of the molecule is CCCCCCN.Nc1ncnc2c1ncn2[C@@H]1O[C@H](CO)[C@@H](O)[C@H]1O. The van der Waals surface area contributed by atoms with Crippen LogP contribution in [-0.2, 0) is 4.74 Å². The molecule has 26 heavy (non-hydrogen) atoms. The summed E-state index contributed by atoms with van der Waals surface area (Å²) in [4.78, 5) is 11.9. The average molecular weight is 368 g/mol. The third kappa shape index (κ3) is 4.46. The first-order chi connectivity index (χ1) is 12.5. The second-order valence-corrected chi connectivity index (χ2v) is 6.16. The molecule has 10 heteroatoms. The first-order valence-corrected chi connectivity index (χ1v) is 8.80. The Morgan fingerprint density at radius 2 is 1.92 bits per heavy atom. The summed E-state index contributed by atoms with van der Waals surface area (Å²) in [6, 6.07) is 0. The number of unbranched alkanes of at least 4 members (excludes halogenated alkanes) is 3. The lowest BCUT2D eigenvalue weighted by Crippen LogP contribution is -2.33. The van der Waals surface area contributed by atoms with Crippen LogP contribution in [0.2, 0.25) is 0 Å². The van der Waals surface area contributed by atoms with Crippen molar-refractivity contribution in [1.82, 2.24) is 19.5 Å². The van der Waals surface area contributed by atoms with E-state index < -0.39 is 31.1 Å². The Labute approximate surface area is 151 Å². The summed E-state index contributed by atoms with van der Waals surface area (Å²) >= 11 is 0. The second kappa shape index (κ2) is 9.74. The minimum Gasteiger partial charge on any atom is -0.394 e. The number of nitrogens with two attached hydrogens (primary N) is 2. The summed E-state index contributed by atoms with van der Waals surface area (Å²) in [5.74, 6) is 0.218. The number of hydrogen-bond donors (Lipinski definition) is 5. The maximum atomic E-state index is 9.95.